The summed E-state index contributed by atoms with van der Waals surface area (Å²) >= 11 is 6.31. The monoisotopic (exact) mass is 382 g/mol. The summed E-state index contributed by atoms with van der Waals surface area (Å²) in [6, 6.07) is 14.8. The Morgan fingerprint density at radius 3 is 2.52 bits per heavy atom. The fourth-order valence-electron chi connectivity index (χ4n) is 4.43. The second-order valence-corrected chi connectivity index (χ2v) is 8.78. The molecule has 0 radical (unpaired) electrons. The van der Waals surface area contributed by atoms with E-state index in [1.807, 2.05) is 6.07 Å². The standard InChI is InChI=1S/C23H27ClN2O/c1-16-15-26-21-11-8-18(24)14-20(21)22(2,3)23(26,27-16)13-12-17-6-9-19(10-7-17)25(4)5/h6-14,16H,15H2,1-5H3/b13-12+. The SMILES string of the molecule is CC1CN2c3ccc(Cl)cc3C(C)(C)C2(/C=C/c2ccc(N(C)C)cc2)O1. The van der Waals surface area contributed by atoms with Gasteiger partial charge in [0.25, 0.3) is 0 Å². The van der Waals surface area contributed by atoms with Crippen LogP contribution in [0.1, 0.15) is 31.9 Å². The Balaban J connectivity index is 1.75. The molecule has 27 heavy (non-hydrogen) atoms. The van der Waals surface area contributed by atoms with Crippen molar-refractivity contribution in [3.8, 4) is 0 Å². The minimum atomic E-state index is -0.500. The van der Waals surface area contributed by atoms with Crippen molar-refractivity contribution in [3.63, 3.8) is 0 Å². The maximum atomic E-state index is 6.58. The van der Waals surface area contributed by atoms with Gasteiger partial charge in [0.1, 0.15) is 0 Å². The Morgan fingerprint density at radius 1 is 1.15 bits per heavy atom. The molecule has 2 heterocycles. The predicted octanol–water partition coefficient (Wildman–Crippen LogP) is 5.33. The quantitative estimate of drug-likeness (QED) is 0.713. The minimum absolute atomic E-state index is 0.175. The van der Waals surface area contributed by atoms with Crippen LogP contribution in [0.25, 0.3) is 6.08 Å². The van der Waals surface area contributed by atoms with Crippen LogP contribution in [0, 0.1) is 0 Å². The van der Waals surface area contributed by atoms with Gasteiger partial charge in [0.15, 0.2) is 5.72 Å². The lowest BCUT2D eigenvalue weighted by Crippen LogP contribution is -2.51. The molecule has 0 aromatic heterocycles. The zero-order valence-electron chi connectivity index (χ0n) is 16.7. The first-order chi connectivity index (χ1) is 12.7. The molecule has 4 heteroatoms. The third kappa shape index (κ3) is 2.76. The van der Waals surface area contributed by atoms with Gasteiger partial charge in [0.2, 0.25) is 0 Å². The van der Waals surface area contributed by atoms with Gasteiger partial charge in [-0.25, -0.2) is 0 Å². The average Bonchev–Trinajstić information content (AvgIpc) is 3.05. The summed E-state index contributed by atoms with van der Waals surface area (Å²) < 4.78 is 6.58. The van der Waals surface area contributed by atoms with E-state index >= 15 is 0 Å². The highest BCUT2D eigenvalue weighted by atomic mass is 35.5. The zero-order valence-corrected chi connectivity index (χ0v) is 17.4. The molecule has 4 rings (SSSR count). The Morgan fingerprint density at radius 2 is 1.85 bits per heavy atom. The number of hydrogen-bond donors (Lipinski definition) is 0. The number of anilines is 2. The molecule has 3 nitrogen and oxygen atoms in total. The fourth-order valence-corrected chi connectivity index (χ4v) is 4.60. The van der Waals surface area contributed by atoms with E-state index in [9.17, 15) is 0 Å². The molecule has 0 amide bonds. The summed E-state index contributed by atoms with van der Waals surface area (Å²) in [5.74, 6) is 0. The number of fused-ring (bicyclic) bond motifs is 3. The molecular weight excluding hydrogens is 356 g/mol. The summed E-state index contributed by atoms with van der Waals surface area (Å²) in [7, 11) is 4.11. The minimum Gasteiger partial charge on any atom is -0.378 e. The Kier molecular flexibility index (Phi) is 4.28. The second-order valence-electron chi connectivity index (χ2n) is 8.34. The van der Waals surface area contributed by atoms with Crippen molar-refractivity contribution in [2.75, 3.05) is 30.4 Å². The molecule has 2 aromatic carbocycles. The van der Waals surface area contributed by atoms with Gasteiger partial charge < -0.3 is 14.5 Å². The highest BCUT2D eigenvalue weighted by molar-refractivity contribution is 6.30. The van der Waals surface area contributed by atoms with Crippen LogP contribution in [0.2, 0.25) is 5.02 Å². The van der Waals surface area contributed by atoms with Gasteiger partial charge in [0.05, 0.1) is 6.10 Å². The third-order valence-corrected chi connectivity index (χ3v) is 6.19. The van der Waals surface area contributed by atoms with Crippen molar-refractivity contribution in [2.24, 2.45) is 0 Å². The van der Waals surface area contributed by atoms with Crippen molar-refractivity contribution < 1.29 is 4.74 Å². The van der Waals surface area contributed by atoms with Gasteiger partial charge in [0, 0.05) is 42.5 Å². The maximum Gasteiger partial charge on any atom is 0.170 e. The molecule has 2 aliphatic heterocycles. The lowest BCUT2D eigenvalue weighted by atomic mass is 9.77. The number of benzene rings is 2. The highest BCUT2D eigenvalue weighted by Crippen LogP contribution is 2.56. The number of nitrogens with zero attached hydrogens (tertiary/aromatic N) is 2. The first-order valence-electron chi connectivity index (χ1n) is 9.47. The van der Waals surface area contributed by atoms with Crippen LogP contribution in [0.4, 0.5) is 11.4 Å². The van der Waals surface area contributed by atoms with Crippen LogP contribution in [0.15, 0.2) is 48.5 Å². The van der Waals surface area contributed by atoms with Crippen LogP contribution < -0.4 is 9.80 Å². The number of halogens is 1. The fraction of sp³-hybridized carbons (Fsp3) is 0.391. The van der Waals surface area contributed by atoms with E-state index in [0.717, 1.165) is 11.6 Å². The van der Waals surface area contributed by atoms with Gasteiger partial charge in [-0.15, -0.1) is 0 Å². The van der Waals surface area contributed by atoms with Gasteiger partial charge >= 0.3 is 0 Å². The Bertz CT molecular complexity index is 888. The molecule has 0 aliphatic carbocycles. The summed E-state index contributed by atoms with van der Waals surface area (Å²) in [6.45, 7) is 7.52. The summed E-state index contributed by atoms with van der Waals surface area (Å²) in [6.07, 6.45) is 4.59. The number of hydrogen-bond acceptors (Lipinski definition) is 3. The molecule has 0 bridgehead atoms. The Labute approximate surface area is 167 Å². The Hall–Kier alpha value is -1.97. The van der Waals surface area contributed by atoms with E-state index in [0.29, 0.717) is 0 Å². The maximum absolute atomic E-state index is 6.58. The molecular formula is C23H27ClN2O. The topological polar surface area (TPSA) is 15.7 Å². The number of ether oxygens (including phenoxy) is 1. The van der Waals surface area contributed by atoms with E-state index < -0.39 is 5.72 Å². The van der Waals surface area contributed by atoms with E-state index in [-0.39, 0.29) is 11.5 Å². The second kappa shape index (κ2) is 6.29. The molecule has 0 spiro atoms. The highest BCUT2D eigenvalue weighted by Gasteiger charge is 2.60. The molecule has 142 valence electrons. The molecule has 1 fully saturated rings. The third-order valence-electron chi connectivity index (χ3n) is 5.95. The van der Waals surface area contributed by atoms with E-state index in [2.05, 4.69) is 93.2 Å². The molecule has 0 N–H and O–H groups in total. The average molecular weight is 383 g/mol. The van der Waals surface area contributed by atoms with E-state index in [1.165, 1.54) is 22.5 Å². The molecule has 0 saturated carbocycles. The molecule has 1 saturated heterocycles. The van der Waals surface area contributed by atoms with Crippen LogP contribution in [0.5, 0.6) is 0 Å². The summed E-state index contributed by atoms with van der Waals surface area (Å²) in [4.78, 5) is 4.50. The van der Waals surface area contributed by atoms with Crippen LogP contribution >= 0.6 is 11.6 Å². The van der Waals surface area contributed by atoms with Crippen LogP contribution in [-0.2, 0) is 10.2 Å². The van der Waals surface area contributed by atoms with E-state index in [1.54, 1.807) is 0 Å². The van der Waals surface area contributed by atoms with Gasteiger partial charge in [-0.1, -0.05) is 43.7 Å². The van der Waals surface area contributed by atoms with Gasteiger partial charge in [-0.05, 0) is 54.5 Å². The summed E-state index contributed by atoms with van der Waals surface area (Å²) in [5.41, 5.74) is 4.12. The molecule has 2 aromatic rings. The predicted molar refractivity (Wildman–Crippen MR) is 115 cm³/mol. The van der Waals surface area contributed by atoms with Crippen molar-refractivity contribution >= 4 is 29.1 Å². The van der Waals surface area contributed by atoms with Crippen molar-refractivity contribution in [1.82, 2.24) is 0 Å². The smallest absolute Gasteiger partial charge is 0.170 e. The van der Waals surface area contributed by atoms with Crippen molar-refractivity contribution in [2.45, 2.75) is 38.0 Å². The summed E-state index contributed by atoms with van der Waals surface area (Å²) in [5, 5.41) is 0.773. The van der Waals surface area contributed by atoms with E-state index in [4.69, 9.17) is 16.3 Å². The molecule has 2 atom stereocenters. The lowest BCUT2D eigenvalue weighted by molar-refractivity contribution is -0.0355. The molecule has 2 unspecified atom stereocenters. The molecule has 2 aliphatic rings. The van der Waals surface area contributed by atoms with Crippen molar-refractivity contribution in [3.05, 3.63) is 64.7 Å². The lowest BCUT2D eigenvalue weighted by Gasteiger charge is -2.40. The number of rotatable bonds is 3. The van der Waals surface area contributed by atoms with Crippen LogP contribution in [0.3, 0.4) is 0 Å². The van der Waals surface area contributed by atoms with Crippen molar-refractivity contribution in [1.29, 1.82) is 0 Å². The van der Waals surface area contributed by atoms with Gasteiger partial charge in [-0.3, -0.25) is 0 Å². The first kappa shape index (κ1) is 18.4. The normalized spacial score (nSPS) is 25.7. The zero-order chi connectivity index (χ0) is 19.4. The largest absolute Gasteiger partial charge is 0.378 e. The van der Waals surface area contributed by atoms with Gasteiger partial charge in [-0.2, -0.15) is 0 Å². The van der Waals surface area contributed by atoms with Crippen LogP contribution in [-0.4, -0.2) is 32.5 Å². The first-order valence-corrected chi connectivity index (χ1v) is 9.84.